The van der Waals surface area contributed by atoms with Gasteiger partial charge in [0, 0.05) is 5.69 Å². The monoisotopic (exact) mass is 297 g/mol. The molecule has 0 fully saturated rings. The number of carbonyl (C=O) groups is 1. The molecule has 0 saturated carbocycles. The molecule has 3 N–H and O–H groups in total. The number of aryl methyl sites for hydroxylation is 1. The number of nitrogens with one attached hydrogen (secondary N) is 1. The van der Waals surface area contributed by atoms with Gasteiger partial charge < -0.3 is 15.8 Å². The van der Waals surface area contributed by atoms with Gasteiger partial charge in [-0.25, -0.2) is 9.79 Å². The van der Waals surface area contributed by atoms with Crippen molar-refractivity contribution >= 4 is 17.6 Å². The van der Waals surface area contributed by atoms with Crippen LogP contribution in [0.5, 0.6) is 0 Å². The third-order valence-electron chi connectivity index (χ3n) is 3.13. The fourth-order valence-electron chi connectivity index (χ4n) is 1.86. The normalized spacial score (nSPS) is 11.1. The maximum Gasteiger partial charge on any atom is 0.337 e. The number of ether oxygens (including phenoxy) is 1. The largest absolute Gasteiger partial charge is 0.465 e. The Labute approximate surface area is 129 Å². The van der Waals surface area contributed by atoms with Crippen LogP contribution in [0.15, 0.2) is 53.5 Å². The highest BCUT2D eigenvalue weighted by Crippen LogP contribution is 2.09. The van der Waals surface area contributed by atoms with Crippen LogP contribution < -0.4 is 11.1 Å². The minimum absolute atomic E-state index is 0.348. The molecule has 2 aromatic rings. The molecule has 22 heavy (non-hydrogen) atoms. The minimum Gasteiger partial charge on any atom is -0.465 e. The molecular weight excluding hydrogens is 278 g/mol. The highest BCUT2D eigenvalue weighted by atomic mass is 16.5. The highest BCUT2D eigenvalue weighted by molar-refractivity contribution is 5.92. The lowest BCUT2D eigenvalue weighted by Crippen LogP contribution is -2.22. The number of nitrogens with two attached hydrogens (primary N) is 1. The maximum absolute atomic E-state index is 11.3. The van der Waals surface area contributed by atoms with E-state index in [1.54, 1.807) is 12.1 Å². The number of nitrogens with zero attached hydrogens (tertiary/aromatic N) is 1. The lowest BCUT2D eigenvalue weighted by Gasteiger charge is -2.06. The molecule has 0 aliphatic heterocycles. The molecule has 114 valence electrons. The lowest BCUT2D eigenvalue weighted by molar-refractivity contribution is 0.0600. The van der Waals surface area contributed by atoms with Crippen molar-refractivity contribution in [1.29, 1.82) is 0 Å². The van der Waals surface area contributed by atoms with Gasteiger partial charge in [-0.05, 0) is 36.8 Å². The van der Waals surface area contributed by atoms with Gasteiger partial charge in [-0.2, -0.15) is 0 Å². The number of esters is 1. The third-order valence-corrected chi connectivity index (χ3v) is 3.13. The second kappa shape index (κ2) is 7.26. The molecule has 0 aliphatic carbocycles. The summed E-state index contributed by atoms with van der Waals surface area (Å²) in [7, 11) is 1.36. The van der Waals surface area contributed by atoms with Crippen LogP contribution in [0.25, 0.3) is 0 Å². The quantitative estimate of drug-likeness (QED) is 0.517. The van der Waals surface area contributed by atoms with E-state index < -0.39 is 0 Å². The Morgan fingerprint density at radius 3 is 2.36 bits per heavy atom. The van der Waals surface area contributed by atoms with Crippen molar-refractivity contribution in [2.45, 2.75) is 13.5 Å². The summed E-state index contributed by atoms with van der Waals surface area (Å²) in [5.41, 5.74) is 9.41. The first-order valence-electron chi connectivity index (χ1n) is 6.89. The van der Waals surface area contributed by atoms with E-state index in [2.05, 4.69) is 15.0 Å². The molecule has 5 heteroatoms. The average Bonchev–Trinajstić information content (AvgIpc) is 2.55. The van der Waals surface area contributed by atoms with Gasteiger partial charge in [0.15, 0.2) is 5.96 Å². The second-order valence-corrected chi connectivity index (χ2v) is 4.88. The molecule has 0 saturated heterocycles. The third kappa shape index (κ3) is 4.34. The summed E-state index contributed by atoms with van der Waals surface area (Å²) in [5.74, 6) is -0.00324. The van der Waals surface area contributed by atoms with Gasteiger partial charge in [-0.3, -0.25) is 0 Å². The molecule has 2 rings (SSSR count). The molecule has 0 heterocycles. The van der Waals surface area contributed by atoms with Gasteiger partial charge in [0.1, 0.15) is 0 Å². The summed E-state index contributed by atoms with van der Waals surface area (Å²) in [4.78, 5) is 15.6. The number of hydrogen-bond acceptors (Lipinski definition) is 3. The van der Waals surface area contributed by atoms with Crippen LogP contribution in [0.2, 0.25) is 0 Å². The van der Waals surface area contributed by atoms with Gasteiger partial charge in [-0.1, -0.05) is 29.8 Å². The number of guanidine groups is 1. The van der Waals surface area contributed by atoms with Crippen molar-refractivity contribution in [2.75, 3.05) is 12.4 Å². The first kappa shape index (κ1) is 15.6. The molecule has 5 nitrogen and oxygen atoms in total. The molecule has 0 amide bonds. The number of methoxy groups -OCH3 is 1. The van der Waals surface area contributed by atoms with E-state index in [0.29, 0.717) is 18.1 Å². The van der Waals surface area contributed by atoms with E-state index in [1.807, 2.05) is 43.3 Å². The van der Waals surface area contributed by atoms with Crippen LogP contribution >= 0.6 is 0 Å². The summed E-state index contributed by atoms with van der Waals surface area (Å²) in [6.07, 6.45) is 0. The van der Waals surface area contributed by atoms with Crippen LogP contribution in [-0.2, 0) is 11.3 Å². The number of rotatable bonds is 4. The molecule has 0 unspecified atom stereocenters. The molecule has 0 bridgehead atoms. The second-order valence-electron chi connectivity index (χ2n) is 4.88. The van der Waals surface area contributed by atoms with E-state index in [1.165, 1.54) is 12.7 Å². The van der Waals surface area contributed by atoms with Gasteiger partial charge in [0.2, 0.25) is 0 Å². The van der Waals surface area contributed by atoms with Crippen LogP contribution in [0.4, 0.5) is 5.69 Å². The first-order chi connectivity index (χ1) is 10.6. The molecule has 0 spiro atoms. The van der Waals surface area contributed by atoms with E-state index in [0.717, 1.165) is 11.3 Å². The Hall–Kier alpha value is -2.82. The molecule has 0 atom stereocenters. The summed E-state index contributed by atoms with van der Waals surface area (Å²) >= 11 is 0. The van der Waals surface area contributed by atoms with Gasteiger partial charge in [-0.15, -0.1) is 0 Å². The predicted octanol–water partition coefficient (Wildman–Crippen LogP) is 2.71. The Bertz CT molecular complexity index is 661. The minimum atomic E-state index is -0.351. The predicted molar refractivity (Wildman–Crippen MR) is 87.9 cm³/mol. The first-order valence-corrected chi connectivity index (χ1v) is 6.89. The summed E-state index contributed by atoms with van der Waals surface area (Å²) < 4.78 is 4.65. The van der Waals surface area contributed by atoms with Crippen molar-refractivity contribution in [3.63, 3.8) is 0 Å². The Morgan fingerprint density at radius 2 is 1.77 bits per heavy atom. The van der Waals surface area contributed by atoms with Crippen LogP contribution in [0.3, 0.4) is 0 Å². The smallest absolute Gasteiger partial charge is 0.337 e. The van der Waals surface area contributed by atoms with Crippen LogP contribution in [0, 0.1) is 6.92 Å². The van der Waals surface area contributed by atoms with E-state index in [-0.39, 0.29) is 5.97 Å². The van der Waals surface area contributed by atoms with Gasteiger partial charge >= 0.3 is 5.97 Å². The standard InChI is InChI=1S/C17H19N3O2/c1-12-3-9-15(10-4-12)20-17(18)19-11-13-5-7-14(8-6-13)16(21)22-2/h3-10H,11H2,1-2H3,(H3,18,19,20). The van der Waals surface area contributed by atoms with Crippen molar-refractivity contribution in [1.82, 2.24) is 0 Å². The topological polar surface area (TPSA) is 76.7 Å². The van der Waals surface area contributed by atoms with Crippen molar-refractivity contribution < 1.29 is 9.53 Å². The number of aliphatic imine (C=N–C) groups is 1. The number of anilines is 1. The zero-order valence-electron chi connectivity index (χ0n) is 12.7. The fourth-order valence-corrected chi connectivity index (χ4v) is 1.86. The summed E-state index contributed by atoms with van der Waals surface area (Å²) in [6, 6.07) is 15.0. The van der Waals surface area contributed by atoms with Crippen molar-refractivity contribution in [3.05, 3.63) is 65.2 Å². The lowest BCUT2D eigenvalue weighted by atomic mass is 10.1. The zero-order valence-corrected chi connectivity index (χ0v) is 12.7. The number of hydrogen-bond donors (Lipinski definition) is 2. The van der Waals surface area contributed by atoms with E-state index in [9.17, 15) is 4.79 Å². The zero-order chi connectivity index (χ0) is 15.9. The average molecular weight is 297 g/mol. The summed E-state index contributed by atoms with van der Waals surface area (Å²) in [5, 5.41) is 3.03. The maximum atomic E-state index is 11.3. The Morgan fingerprint density at radius 1 is 1.14 bits per heavy atom. The van der Waals surface area contributed by atoms with Crippen LogP contribution in [0.1, 0.15) is 21.5 Å². The SMILES string of the molecule is COC(=O)c1ccc(CN=C(N)Nc2ccc(C)cc2)cc1. The highest BCUT2D eigenvalue weighted by Gasteiger charge is 2.04. The van der Waals surface area contributed by atoms with Crippen molar-refractivity contribution in [3.8, 4) is 0 Å². The molecule has 2 aromatic carbocycles. The summed E-state index contributed by atoms with van der Waals surface area (Å²) in [6.45, 7) is 2.46. The van der Waals surface area contributed by atoms with Gasteiger partial charge in [0.25, 0.3) is 0 Å². The van der Waals surface area contributed by atoms with E-state index >= 15 is 0 Å². The number of carbonyl (C=O) groups excluding carboxylic acids is 1. The van der Waals surface area contributed by atoms with Crippen molar-refractivity contribution in [2.24, 2.45) is 10.7 Å². The molecular formula is C17H19N3O2. The Kier molecular flexibility index (Phi) is 5.14. The van der Waals surface area contributed by atoms with E-state index in [4.69, 9.17) is 5.73 Å². The number of benzene rings is 2. The molecule has 0 radical (unpaired) electrons. The Balaban J connectivity index is 1.95. The van der Waals surface area contributed by atoms with Gasteiger partial charge in [0.05, 0.1) is 19.2 Å². The van der Waals surface area contributed by atoms with Crippen LogP contribution in [-0.4, -0.2) is 19.0 Å². The molecule has 0 aromatic heterocycles. The fraction of sp³-hybridized carbons (Fsp3) is 0.176. The molecule has 0 aliphatic rings.